The Balaban J connectivity index is 1.37. The molecule has 3 rings (SSSR count). The smallest absolute Gasteiger partial charge is 0.315 e. The first-order chi connectivity index (χ1) is 15.0. The van der Waals surface area contributed by atoms with E-state index < -0.39 is 0 Å². The van der Waals surface area contributed by atoms with Gasteiger partial charge in [-0.3, -0.25) is 14.5 Å². The van der Waals surface area contributed by atoms with Crippen LogP contribution in [0.5, 0.6) is 0 Å². The predicted molar refractivity (Wildman–Crippen MR) is 121 cm³/mol. The predicted octanol–water partition coefficient (Wildman–Crippen LogP) is 2.47. The molecular formula is C23H35N5O3. The molecule has 1 aromatic rings. The van der Waals surface area contributed by atoms with Gasteiger partial charge in [-0.15, -0.1) is 0 Å². The Bertz CT molecular complexity index is 755. The molecule has 4 N–H and O–H groups in total. The van der Waals surface area contributed by atoms with Crippen LogP contribution in [0.4, 0.5) is 10.5 Å². The van der Waals surface area contributed by atoms with Gasteiger partial charge in [-0.2, -0.15) is 0 Å². The van der Waals surface area contributed by atoms with Crippen LogP contribution in [0.3, 0.4) is 0 Å². The van der Waals surface area contributed by atoms with E-state index in [9.17, 15) is 14.4 Å². The van der Waals surface area contributed by atoms with Gasteiger partial charge in [-0.1, -0.05) is 25.3 Å². The first kappa shape index (κ1) is 23.1. The zero-order valence-electron chi connectivity index (χ0n) is 18.4. The average molecular weight is 430 g/mol. The second-order valence-corrected chi connectivity index (χ2v) is 8.49. The summed E-state index contributed by atoms with van der Waals surface area (Å²) >= 11 is 0. The van der Waals surface area contributed by atoms with Gasteiger partial charge in [0, 0.05) is 43.0 Å². The molecule has 0 spiro atoms. The van der Waals surface area contributed by atoms with Crippen molar-refractivity contribution < 1.29 is 14.4 Å². The summed E-state index contributed by atoms with van der Waals surface area (Å²) in [6.07, 6.45) is 7.48. The van der Waals surface area contributed by atoms with Gasteiger partial charge in [0.2, 0.25) is 5.91 Å². The maximum Gasteiger partial charge on any atom is 0.315 e. The molecule has 8 nitrogen and oxygen atoms in total. The van der Waals surface area contributed by atoms with E-state index in [-0.39, 0.29) is 23.9 Å². The van der Waals surface area contributed by atoms with Crippen LogP contribution in [-0.2, 0) is 4.79 Å². The van der Waals surface area contributed by atoms with Crippen LogP contribution in [0.15, 0.2) is 24.3 Å². The molecule has 1 heterocycles. The molecule has 1 aliphatic heterocycles. The number of carbonyl (C=O) groups is 3. The minimum absolute atomic E-state index is 0.0601. The summed E-state index contributed by atoms with van der Waals surface area (Å²) in [5.41, 5.74) is 1.14. The molecule has 31 heavy (non-hydrogen) atoms. The Labute approximate surface area is 184 Å². The lowest BCUT2D eigenvalue weighted by atomic mass is 9.96. The highest BCUT2D eigenvalue weighted by molar-refractivity contribution is 5.97. The Morgan fingerprint density at radius 1 is 0.968 bits per heavy atom. The second kappa shape index (κ2) is 11.7. The van der Waals surface area contributed by atoms with Crippen molar-refractivity contribution >= 4 is 23.5 Å². The molecule has 0 atom stereocenters. The quantitative estimate of drug-likeness (QED) is 0.535. The van der Waals surface area contributed by atoms with Crippen molar-refractivity contribution in [3.05, 3.63) is 29.8 Å². The van der Waals surface area contributed by atoms with Crippen molar-refractivity contribution in [2.45, 2.75) is 64.0 Å². The van der Waals surface area contributed by atoms with E-state index in [0.717, 1.165) is 38.8 Å². The number of likely N-dealkylation sites (tertiary alicyclic amines) is 1. The summed E-state index contributed by atoms with van der Waals surface area (Å²) in [6, 6.07) is 7.35. The van der Waals surface area contributed by atoms with E-state index in [1.165, 1.54) is 19.3 Å². The number of anilines is 1. The lowest BCUT2D eigenvalue weighted by molar-refractivity contribution is -0.117. The lowest BCUT2D eigenvalue weighted by Gasteiger charge is -2.32. The zero-order chi connectivity index (χ0) is 22.1. The van der Waals surface area contributed by atoms with Crippen molar-refractivity contribution in [3.8, 4) is 0 Å². The summed E-state index contributed by atoms with van der Waals surface area (Å²) in [7, 11) is 0. The molecule has 1 saturated heterocycles. The molecule has 0 aromatic heterocycles. The molecule has 0 unspecified atom stereocenters. The second-order valence-electron chi connectivity index (χ2n) is 8.49. The van der Waals surface area contributed by atoms with Gasteiger partial charge >= 0.3 is 6.03 Å². The standard InChI is InChI=1S/C23H35N5O3/c1-2-24-22(30)17-7-6-10-20(15-17)25-21(29)16-28-13-11-19(12-14-28)27-23(31)26-18-8-4-3-5-9-18/h6-7,10,15,18-19H,2-5,8-9,11-14,16H2,1H3,(H,24,30)(H,25,29)(H2,26,27,31). The number of benzene rings is 1. The van der Waals surface area contributed by atoms with E-state index in [1.54, 1.807) is 24.3 Å². The van der Waals surface area contributed by atoms with Gasteiger partial charge in [-0.25, -0.2) is 4.79 Å². The summed E-state index contributed by atoms with van der Waals surface area (Å²) in [5, 5.41) is 11.8. The Morgan fingerprint density at radius 3 is 2.32 bits per heavy atom. The molecule has 0 bridgehead atoms. The number of hydrogen-bond acceptors (Lipinski definition) is 4. The topological polar surface area (TPSA) is 103 Å². The van der Waals surface area contributed by atoms with Crippen LogP contribution in [0.25, 0.3) is 0 Å². The van der Waals surface area contributed by atoms with Crippen LogP contribution >= 0.6 is 0 Å². The van der Waals surface area contributed by atoms with Crippen molar-refractivity contribution in [2.75, 3.05) is 31.5 Å². The van der Waals surface area contributed by atoms with Gasteiger partial charge in [0.05, 0.1) is 6.54 Å². The molecule has 1 aliphatic carbocycles. The largest absolute Gasteiger partial charge is 0.352 e. The molecule has 2 fully saturated rings. The third-order valence-corrected chi connectivity index (χ3v) is 5.98. The Kier molecular flexibility index (Phi) is 8.70. The third kappa shape index (κ3) is 7.54. The number of piperidine rings is 1. The number of nitrogens with zero attached hydrogens (tertiary/aromatic N) is 1. The molecule has 4 amide bonds. The first-order valence-electron chi connectivity index (χ1n) is 11.5. The minimum atomic E-state index is -0.152. The van der Waals surface area contributed by atoms with E-state index in [1.807, 2.05) is 6.92 Å². The van der Waals surface area contributed by atoms with Crippen molar-refractivity contribution in [1.29, 1.82) is 0 Å². The maximum atomic E-state index is 12.4. The Hall–Kier alpha value is -2.61. The number of nitrogens with one attached hydrogen (secondary N) is 4. The number of hydrogen-bond donors (Lipinski definition) is 4. The number of carbonyl (C=O) groups excluding carboxylic acids is 3. The summed E-state index contributed by atoms with van der Waals surface area (Å²) in [4.78, 5) is 38.7. The summed E-state index contributed by atoms with van der Waals surface area (Å²) in [6.45, 7) is 4.25. The van der Waals surface area contributed by atoms with Gasteiger partial charge < -0.3 is 21.3 Å². The fraction of sp³-hybridized carbons (Fsp3) is 0.609. The maximum absolute atomic E-state index is 12.4. The fourth-order valence-electron chi connectivity index (χ4n) is 4.30. The normalized spacial score (nSPS) is 18.2. The van der Waals surface area contributed by atoms with Crippen LogP contribution in [-0.4, -0.2) is 61.0 Å². The summed E-state index contributed by atoms with van der Waals surface area (Å²) in [5.74, 6) is -0.254. The summed E-state index contributed by atoms with van der Waals surface area (Å²) < 4.78 is 0. The van der Waals surface area contributed by atoms with E-state index in [0.29, 0.717) is 30.4 Å². The molecule has 2 aliphatic rings. The van der Waals surface area contributed by atoms with Gasteiger partial charge in [-0.05, 0) is 50.8 Å². The lowest BCUT2D eigenvalue weighted by Crippen LogP contribution is -2.51. The van der Waals surface area contributed by atoms with Crippen molar-refractivity contribution in [2.24, 2.45) is 0 Å². The monoisotopic (exact) mass is 429 g/mol. The van der Waals surface area contributed by atoms with Gasteiger partial charge in [0.25, 0.3) is 5.91 Å². The number of urea groups is 1. The molecule has 1 aromatic carbocycles. The number of amides is 4. The van der Waals surface area contributed by atoms with Crippen LogP contribution in [0.1, 0.15) is 62.2 Å². The van der Waals surface area contributed by atoms with Crippen molar-refractivity contribution in [1.82, 2.24) is 20.9 Å². The highest BCUT2D eigenvalue weighted by Gasteiger charge is 2.23. The van der Waals surface area contributed by atoms with E-state index in [2.05, 4.69) is 26.2 Å². The zero-order valence-corrected chi connectivity index (χ0v) is 18.4. The molecular weight excluding hydrogens is 394 g/mol. The molecule has 170 valence electrons. The highest BCUT2D eigenvalue weighted by Crippen LogP contribution is 2.17. The average Bonchev–Trinajstić information content (AvgIpc) is 2.76. The molecule has 8 heteroatoms. The Morgan fingerprint density at radius 2 is 1.65 bits per heavy atom. The minimum Gasteiger partial charge on any atom is -0.352 e. The SMILES string of the molecule is CCNC(=O)c1cccc(NC(=O)CN2CCC(NC(=O)NC3CCCCC3)CC2)c1. The van der Waals surface area contributed by atoms with Gasteiger partial charge in [0.1, 0.15) is 0 Å². The van der Waals surface area contributed by atoms with E-state index in [4.69, 9.17) is 0 Å². The molecule has 0 radical (unpaired) electrons. The van der Waals surface area contributed by atoms with Crippen molar-refractivity contribution in [3.63, 3.8) is 0 Å². The third-order valence-electron chi connectivity index (χ3n) is 5.98. The van der Waals surface area contributed by atoms with E-state index >= 15 is 0 Å². The fourth-order valence-corrected chi connectivity index (χ4v) is 4.30. The molecule has 1 saturated carbocycles. The van der Waals surface area contributed by atoms with Gasteiger partial charge in [0.15, 0.2) is 0 Å². The van der Waals surface area contributed by atoms with Crippen LogP contribution in [0, 0.1) is 0 Å². The van der Waals surface area contributed by atoms with Crippen LogP contribution in [0.2, 0.25) is 0 Å². The highest BCUT2D eigenvalue weighted by atomic mass is 16.2. The number of rotatable bonds is 7. The first-order valence-corrected chi connectivity index (χ1v) is 11.5. The van der Waals surface area contributed by atoms with Crippen LogP contribution < -0.4 is 21.3 Å².